The van der Waals surface area contributed by atoms with Gasteiger partial charge >= 0.3 is 5.69 Å². The number of nitrogens with zero attached hydrogens (tertiary/aromatic N) is 6. The van der Waals surface area contributed by atoms with Crippen LogP contribution in [0.15, 0.2) is 27.4 Å². The molecule has 0 aliphatic rings. The zero-order valence-corrected chi connectivity index (χ0v) is 16.5. The third-order valence-electron chi connectivity index (χ3n) is 4.38. The molecule has 1 N–H and O–H groups in total. The van der Waals surface area contributed by atoms with E-state index in [9.17, 15) is 9.59 Å². The van der Waals surface area contributed by atoms with E-state index in [4.69, 9.17) is 0 Å². The molecule has 27 heavy (non-hydrogen) atoms. The van der Waals surface area contributed by atoms with E-state index >= 15 is 0 Å². The van der Waals surface area contributed by atoms with Crippen molar-refractivity contribution in [3.05, 3.63) is 45.1 Å². The first-order valence-corrected chi connectivity index (χ1v) is 9.78. The molecule has 0 amide bonds. The lowest BCUT2D eigenvalue weighted by Gasteiger charge is -2.05. The van der Waals surface area contributed by atoms with Crippen molar-refractivity contribution >= 4 is 22.9 Å². The minimum Gasteiger partial charge on any atom is -0.325 e. The smallest absolute Gasteiger partial charge is 0.325 e. The fourth-order valence-electron chi connectivity index (χ4n) is 2.88. The molecule has 0 bridgehead atoms. The van der Waals surface area contributed by atoms with Gasteiger partial charge in [0, 0.05) is 20.1 Å². The van der Waals surface area contributed by atoms with Crippen LogP contribution in [0.3, 0.4) is 0 Å². The quantitative estimate of drug-likeness (QED) is 0.464. The van der Waals surface area contributed by atoms with Gasteiger partial charge in [0.2, 0.25) is 0 Å². The first-order chi connectivity index (χ1) is 13.0. The van der Waals surface area contributed by atoms with Crippen LogP contribution in [0.4, 0.5) is 0 Å². The second-order valence-corrected chi connectivity index (χ2v) is 7.18. The van der Waals surface area contributed by atoms with Gasteiger partial charge in [-0.05, 0) is 13.3 Å². The van der Waals surface area contributed by atoms with Crippen LogP contribution in [0.5, 0.6) is 0 Å². The zero-order chi connectivity index (χ0) is 19.6. The van der Waals surface area contributed by atoms with Gasteiger partial charge in [0.05, 0.1) is 5.75 Å². The summed E-state index contributed by atoms with van der Waals surface area (Å²) < 4.78 is 5.24. The summed E-state index contributed by atoms with van der Waals surface area (Å²) in [4.78, 5) is 31.5. The van der Waals surface area contributed by atoms with E-state index in [-0.39, 0.29) is 0 Å². The summed E-state index contributed by atoms with van der Waals surface area (Å²) in [6.07, 6.45) is 3.58. The van der Waals surface area contributed by atoms with Gasteiger partial charge < -0.3 is 9.13 Å². The van der Waals surface area contributed by atoms with Crippen LogP contribution in [-0.2, 0) is 25.9 Å². The van der Waals surface area contributed by atoms with Crippen molar-refractivity contribution in [2.75, 3.05) is 0 Å². The Morgan fingerprint density at radius 2 is 2.04 bits per heavy atom. The largest absolute Gasteiger partial charge is 0.330 e. The van der Waals surface area contributed by atoms with Gasteiger partial charge in [-0.2, -0.15) is 0 Å². The molecule has 10 heteroatoms. The van der Waals surface area contributed by atoms with Gasteiger partial charge in [0.1, 0.15) is 11.6 Å². The molecule has 0 fully saturated rings. The number of hydrogen-bond acceptors (Lipinski definition) is 6. The third-order valence-corrected chi connectivity index (χ3v) is 5.35. The standard InChI is InChI=1S/C17H23N7O2S/c1-5-7-9-24-14-13(15(25)19-16(24)26)22(4)12(18-14)10-27-17-21-20-11(3)23(17)8-6-2/h6H,2,5,7-10H2,1,3-4H3,(H,19,25,26). The van der Waals surface area contributed by atoms with E-state index in [0.717, 1.165) is 23.8 Å². The summed E-state index contributed by atoms with van der Waals surface area (Å²) in [5, 5.41) is 9.05. The summed E-state index contributed by atoms with van der Waals surface area (Å²) in [5.41, 5.74) is 0.00310. The van der Waals surface area contributed by atoms with Crippen molar-refractivity contribution in [2.24, 2.45) is 7.05 Å². The number of aryl methyl sites for hydroxylation is 3. The number of imidazole rings is 1. The lowest BCUT2D eigenvalue weighted by Crippen LogP contribution is -2.31. The molecule has 0 saturated carbocycles. The Bertz CT molecular complexity index is 1090. The number of unbranched alkanes of at least 4 members (excludes halogenated alkanes) is 1. The molecule has 9 nitrogen and oxygen atoms in total. The van der Waals surface area contributed by atoms with E-state index < -0.39 is 11.2 Å². The molecular weight excluding hydrogens is 366 g/mol. The highest BCUT2D eigenvalue weighted by molar-refractivity contribution is 7.98. The molecular formula is C17H23N7O2S. The molecule has 0 aliphatic carbocycles. The molecule has 3 heterocycles. The second kappa shape index (κ2) is 7.95. The molecule has 0 aromatic carbocycles. The van der Waals surface area contributed by atoms with E-state index in [1.54, 1.807) is 22.3 Å². The molecule has 144 valence electrons. The van der Waals surface area contributed by atoms with Gasteiger partial charge in [0.15, 0.2) is 16.3 Å². The topological polar surface area (TPSA) is 103 Å². The van der Waals surface area contributed by atoms with Crippen LogP contribution in [0, 0.1) is 6.92 Å². The normalized spacial score (nSPS) is 11.4. The monoisotopic (exact) mass is 389 g/mol. The molecule has 3 aromatic heterocycles. The minimum absolute atomic E-state index is 0.407. The third kappa shape index (κ3) is 3.61. The Balaban J connectivity index is 1.97. The highest BCUT2D eigenvalue weighted by Gasteiger charge is 2.17. The number of aromatic nitrogens is 7. The van der Waals surface area contributed by atoms with Crippen molar-refractivity contribution in [1.82, 2.24) is 33.9 Å². The maximum Gasteiger partial charge on any atom is 0.330 e. The highest BCUT2D eigenvalue weighted by Crippen LogP contribution is 2.22. The molecule has 0 saturated heterocycles. The number of rotatable bonds is 8. The maximum atomic E-state index is 12.3. The van der Waals surface area contributed by atoms with Crippen LogP contribution >= 0.6 is 11.8 Å². The lowest BCUT2D eigenvalue weighted by molar-refractivity contribution is 0.613. The Morgan fingerprint density at radius 3 is 2.74 bits per heavy atom. The van der Waals surface area contributed by atoms with Crippen LogP contribution in [0.1, 0.15) is 31.4 Å². The number of fused-ring (bicyclic) bond motifs is 1. The molecule has 0 aliphatic heterocycles. The number of allylic oxidation sites excluding steroid dienone is 1. The average molecular weight is 389 g/mol. The van der Waals surface area contributed by atoms with Gasteiger partial charge in [-0.15, -0.1) is 16.8 Å². The lowest BCUT2D eigenvalue weighted by atomic mass is 10.3. The number of aromatic amines is 1. The number of nitrogens with one attached hydrogen (secondary N) is 1. The van der Waals surface area contributed by atoms with Crippen molar-refractivity contribution in [3.63, 3.8) is 0 Å². The molecule has 0 atom stereocenters. The maximum absolute atomic E-state index is 12.3. The Labute approximate surface area is 160 Å². The van der Waals surface area contributed by atoms with E-state index in [1.807, 2.05) is 11.5 Å². The fraction of sp³-hybridized carbons (Fsp3) is 0.471. The predicted octanol–water partition coefficient (Wildman–Crippen LogP) is 1.60. The fourth-order valence-corrected chi connectivity index (χ4v) is 3.86. The van der Waals surface area contributed by atoms with Gasteiger partial charge in [-0.25, -0.2) is 9.78 Å². The minimum atomic E-state index is -0.417. The van der Waals surface area contributed by atoms with Crippen LogP contribution in [0.25, 0.3) is 11.2 Å². The van der Waals surface area contributed by atoms with Crippen LogP contribution in [-0.4, -0.2) is 33.9 Å². The van der Waals surface area contributed by atoms with Gasteiger partial charge in [-0.3, -0.25) is 14.3 Å². The molecule has 0 radical (unpaired) electrons. The summed E-state index contributed by atoms with van der Waals surface area (Å²) in [5.74, 6) is 2.01. The summed E-state index contributed by atoms with van der Waals surface area (Å²) in [7, 11) is 1.79. The zero-order valence-electron chi connectivity index (χ0n) is 15.7. The van der Waals surface area contributed by atoms with Crippen LogP contribution < -0.4 is 11.2 Å². The summed E-state index contributed by atoms with van der Waals surface area (Å²) in [6.45, 7) is 8.85. The van der Waals surface area contributed by atoms with Crippen molar-refractivity contribution in [3.8, 4) is 0 Å². The van der Waals surface area contributed by atoms with Crippen LogP contribution in [0.2, 0.25) is 0 Å². The van der Waals surface area contributed by atoms with Crippen molar-refractivity contribution in [2.45, 2.75) is 50.7 Å². The van der Waals surface area contributed by atoms with Gasteiger partial charge in [0.25, 0.3) is 5.56 Å². The van der Waals surface area contributed by atoms with E-state index in [1.165, 1.54) is 11.8 Å². The number of H-pyrrole nitrogens is 1. The van der Waals surface area contributed by atoms with Crippen molar-refractivity contribution in [1.29, 1.82) is 0 Å². The molecule has 3 aromatic rings. The Morgan fingerprint density at radius 1 is 1.26 bits per heavy atom. The summed E-state index contributed by atoms with van der Waals surface area (Å²) in [6, 6.07) is 0. The molecule has 0 spiro atoms. The van der Waals surface area contributed by atoms with E-state index in [2.05, 4.69) is 33.7 Å². The Hall–Kier alpha value is -2.62. The average Bonchev–Trinajstić information content (AvgIpc) is 3.14. The van der Waals surface area contributed by atoms with Crippen molar-refractivity contribution < 1.29 is 0 Å². The predicted molar refractivity (Wildman–Crippen MR) is 105 cm³/mol. The molecule has 3 rings (SSSR count). The first kappa shape index (κ1) is 19.2. The SMILES string of the molecule is C=CCn1c(C)nnc1SCc1nc2c(c(=O)[nH]c(=O)n2CCCC)n1C. The second-order valence-electron chi connectivity index (χ2n) is 6.24. The van der Waals surface area contributed by atoms with Gasteiger partial charge in [-0.1, -0.05) is 31.2 Å². The Kier molecular flexibility index (Phi) is 5.64. The number of hydrogen-bond donors (Lipinski definition) is 1. The summed E-state index contributed by atoms with van der Waals surface area (Å²) >= 11 is 1.48. The van der Waals surface area contributed by atoms with E-state index in [0.29, 0.717) is 35.8 Å². The molecule has 0 unspecified atom stereocenters. The first-order valence-electron chi connectivity index (χ1n) is 8.79. The number of thioether (sulfide) groups is 1. The highest BCUT2D eigenvalue weighted by atomic mass is 32.2.